The van der Waals surface area contributed by atoms with Gasteiger partial charge in [0.15, 0.2) is 0 Å². The predicted molar refractivity (Wildman–Crippen MR) is 95.1 cm³/mol. The van der Waals surface area contributed by atoms with Gasteiger partial charge in [-0.05, 0) is 44.0 Å². The Morgan fingerprint density at radius 2 is 1.91 bits per heavy atom. The molecule has 0 aliphatic heterocycles. The average molecular weight is 313 g/mol. The minimum Gasteiger partial charge on any atom is -0.493 e. The maximum absolute atomic E-state index is 9.20. The Hall–Kier alpha value is -1.84. The first kappa shape index (κ1) is 17.5. The third-order valence-electron chi connectivity index (χ3n) is 3.65. The Balaban J connectivity index is 1.88. The van der Waals surface area contributed by atoms with Crippen molar-refractivity contribution in [1.29, 1.82) is 0 Å². The third-order valence-corrected chi connectivity index (χ3v) is 3.65. The fraction of sp³-hybridized carbons (Fsp3) is 0.400. The Bertz CT molecular complexity index is 581. The molecule has 2 rings (SSSR count). The first-order chi connectivity index (χ1) is 11.1. The topological polar surface area (TPSA) is 41.5 Å². The van der Waals surface area contributed by atoms with Crippen LogP contribution in [0.15, 0.2) is 48.5 Å². The van der Waals surface area contributed by atoms with Crippen molar-refractivity contribution in [3.63, 3.8) is 0 Å². The molecule has 3 nitrogen and oxygen atoms in total. The summed E-state index contributed by atoms with van der Waals surface area (Å²) in [4.78, 5) is 0. The zero-order chi connectivity index (χ0) is 16.5. The van der Waals surface area contributed by atoms with Gasteiger partial charge in [-0.3, -0.25) is 0 Å². The lowest BCUT2D eigenvalue weighted by Gasteiger charge is -2.13. The Morgan fingerprint density at radius 1 is 1.13 bits per heavy atom. The lowest BCUT2D eigenvalue weighted by Crippen LogP contribution is -2.26. The molecule has 2 N–H and O–H groups in total. The second-order valence-corrected chi connectivity index (χ2v) is 6.03. The predicted octanol–water partition coefficient (Wildman–Crippen LogP) is 3.33. The molecule has 0 bridgehead atoms. The fourth-order valence-electron chi connectivity index (χ4n) is 2.49. The van der Waals surface area contributed by atoms with Gasteiger partial charge in [-0.2, -0.15) is 0 Å². The van der Waals surface area contributed by atoms with E-state index in [-0.39, 0.29) is 6.10 Å². The van der Waals surface area contributed by atoms with Gasteiger partial charge in [-0.1, -0.05) is 48.0 Å². The van der Waals surface area contributed by atoms with Crippen molar-refractivity contribution in [2.75, 3.05) is 19.7 Å². The third kappa shape index (κ3) is 6.43. The molecule has 0 spiro atoms. The second kappa shape index (κ2) is 9.33. The van der Waals surface area contributed by atoms with Crippen LogP contribution in [-0.2, 0) is 6.42 Å². The van der Waals surface area contributed by atoms with Crippen molar-refractivity contribution < 1.29 is 9.84 Å². The summed E-state index contributed by atoms with van der Waals surface area (Å²) >= 11 is 0. The van der Waals surface area contributed by atoms with Gasteiger partial charge in [0.1, 0.15) is 5.75 Å². The second-order valence-electron chi connectivity index (χ2n) is 6.03. The van der Waals surface area contributed by atoms with Crippen LogP contribution in [0.3, 0.4) is 0 Å². The minimum atomic E-state index is -0.300. The highest BCUT2D eigenvalue weighted by Crippen LogP contribution is 2.23. The summed E-state index contributed by atoms with van der Waals surface area (Å²) in [6.45, 7) is 6.05. The number of hydrogen-bond acceptors (Lipinski definition) is 3. The summed E-state index contributed by atoms with van der Waals surface area (Å²) in [6.07, 6.45) is 1.51. The number of aliphatic hydroxyl groups excluding tert-OH is 1. The minimum absolute atomic E-state index is 0.300. The normalized spacial score (nSPS) is 12.1. The SMILES string of the molecule is Cc1ccc(OCCCNC[C@@H](C)O)c(Cc2ccccc2)c1. The maximum Gasteiger partial charge on any atom is 0.122 e. The van der Waals surface area contributed by atoms with Gasteiger partial charge in [-0.25, -0.2) is 0 Å². The smallest absolute Gasteiger partial charge is 0.122 e. The monoisotopic (exact) mass is 313 g/mol. The molecule has 0 aliphatic carbocycles. The molecule has 0 saturated carbocycles. The van der Waals surface area contributed by atoms with E-state index < -0.39 is 0 Å². The molecule has 0 fully saturated rings. The maximum atomic E-state index is 9.20. The Morgan fingerprint density at radius 3 is 2.65 bits per heavy atom. The van der Waals surface area contributed by atoms with Crippen molar-refractivity contribution in [2.45, 2.75) is 32.8 Å². The number of benzene rings is 2. The summed E-state index contributed by atoms with van der Waals surface area (Å²) in [6, 6.07) is 16.8. The van der Waals surface area contributed by atoms with Gasteiger partial charge in [0.2, 0.25) is 0 Å². The first-order valence-electron chi connectivity index (χ1n) is 8.30. The zero-order valence-corrected chi connectivity index (χ0v) is 14.1. The number of aliphatic hydroxyl groups is 1. The van der Waals surface area contributed by atoms with Crippen molar-refractivity contribution in [1.82, 2.24) is 5.32 Å². The van der Waals surface area contributed by atoms with E-state index in [2.05, 4.69) is 54.7 Å². The van der Waals surface area contributed by atoms with E-state index in [1.165, 1.54) is 16.7 Å². The van der Waals surface area contributed by atoms with E-state index in [1.807, 2.05) is 6.07 Å². The Kier molecular flexibility index (Phi) is 7.11. The van der Waals surface area contributed by atoms with Gasteiger partial charge < -0.3 is 15.2 Å². The van der Waals surface area contributed by atoms with E-state index in [0.717, 1.165) is 25.1 Å². The van der Waals surface area contributed by atoms with E-state index in [9.17, 15) is 5.11 Å². The molecule has 124 valence electrons. The van der Waals surface area contributed by atoms with Crippen LogP contribution in [0, 0.1) is 6.92 Å². The molecule has 0 aromatic heterocycles. The van der Waals surface area contributed by atoms with E-state index in [1.54, 1.807) is 6.92 Å². The lowest BCUT2D eigenvalue weighted by atomic mass is 10.0. The highest BCUT2D eigenvalue weighted by molar-refractivity contribution is 5.40. The number of ether oxygens (including phenoxy) is 1. The van der Waals surface area contributed by atoms with Gasteiger partial charge in [0, 0.05) is 13.0 Å². The van der Waals surface area contributed by atoms with Crippen LogP contribution >= 0.6 is 0 Å². The van der Waals surface area contributed by atoms with Gasteiger partial charge in [0.25, 0.3) is 0 Å². The molecule has 2 aromatic rings. The molecule has 0 radical (unpaired) electrons. The summed E-state index contributed by atoms with van der Waals surface area (Å²) in [5.74, 6) is 0.968. The Labute approximate surface area is 139 Å². The summed E-state index contributed by atoms with van der Waals surface area (Å²) in [7, 11) is 0. The number of hydrogen-bond donors (Lipinski definition) is 2. The van der Waals surface area contributed by atoms with Crippen LogP contribution in [-0.4, -0.2) is 30.9 Å². The van der Waals surface area contributed by atoms with Crippen LogP contribution in [0.2, 0.25) is 0 Å². The molecular formula is C20H27NO2. The number of rotatable bonds is 9. The van der Waals surface area contributed by atoms with Crippen LogP contribution < -0.4 is 10.1 Å². The molecule has 0 saturated heterocycles. The van der Waals surface area contributed by atoms with Crippen LogP contribution in [0.25, 0.3) is 0 Å². The summed E-state index contributed by atoms with van der Waals surface area (Å²) in [5.41, 5.74) is 3.77. The molecule has 2 aromatic carbocycles. The van der Waals surface area contributed by atoms with Gasteiger partial charge in [0.05, 0.1) is 12.7 Å². The fourth-order valence-corrected chi connectivity index (χ4v) is 2.49. The standard InChI is InChI=1S/C20H27NO2/c1-16-9-10-20(23-12-6-11-21-15-17(2)22)19(13-16)14-18-7-4-3-5-8-18/h3-5,7-10,13,17,21-22H,6,11-12,14-15H2,1-2H3/t17-/m1/s1. The number of nitrogens with one attached hydrogen (secondary N) is 1. The molecule has 1 atom stereocenters. The van der Waals surface area contributed by atoms with Crippen molar-refractivity contribution in [3.8, 4) is 5.75 Å². The zero-order valence-electron chi connectivity index (χ0n) is 14.1. The van der Waals surface area contributed by atoms with E-state index in [4.69, 9.17) is 4.74 Å². The summed E-state index contributed by atoms with van der Waals surface area (Å²) in [5, 5.41) is 12.4. The van der Waals surface area contributed by atoms with Crippen LogP contribution in [0.1, 0.15) is 30.0 Å². The van der Waals surface area contributed by atoms with Crippen molar-refractivity contribution in [2.24, 2.45) is 0 Å². The highest BCUT2D eigenvalue weighted by atomic mass is 16.5. The lowest BCUT2D eigenvalue weighted by molar-refractivity contribution is 0.190. The molecule has 0 heterocycles. The molecule has 0 aliphatic rings. The average Bonchev–Trinajstić information content (AvgIpc) is 2.53. The quantitative estimate of drug-likeness (QED) is 0.698. The van der Waals surface area contributed by atoms with Gasteiger partial charge >= 0.3 is 0 Å². The van der Waals surface area contributed by atoms with Crippen molar-refractivity contribution in [3.05, 3.63) is 65.2 Å². The van der Waals surface area contributed by atoms with Crippen LogP contribution in [0.4, 0.5) is 0 Å². The molecule has 0 unspecified atom stereocenters. The molecule has 3 heteroatoms. The molecule has 23 heavy (non-hydrogen) atoms. The van der Waals surface area contributed by atoms with E-state index >= 15 is 0 Å². The van der Waals surface area contributed by atoms with Gasteiger partial charge in [-0.15, -0.1) is 0 Å². The van der Waals surface area contributed by atoms with E-state index in [0.29, 0.717) is 13.2 Å². The largest absolute Gasteiger partial charge is 0.493 e. The first-order valence-corrected chi connectivity index (χ1v) is 8.30. The van der Waals surface area contributed by atoms with Crippen LogP contribution in [0.5, 0.6) is 5.75 Å². The molecule has 0 amide bonds. The highest BCUT2D eigenvalue weighted by Gasteiger charge is 2.05. The molecular weight excluding hydrogens is 286 g/mol. The number of aryl methyl sites for hydroxylation is 1. The summed E-state index contributed by atoms with van der Waals surface area (Å²) < 4.78 is 5.97. The van der Waals surface area contributed by atoms with Crippen molar-refractivity contribution >= 4 is 0 Å².